The minimum atomic E-state index is 0.0952. The van der Waals surface area contributed by atoms with Crippen molar-refractivity contribution in [2.45, 2.75) is 66.0 Å². The van der Waals surface area contributed by atoms with Gasteiger partial charge in [-0.05, 0) is 56.6 Å². The van der Waals surface area contributed by atoms with Crippen molar-refractivity contribution in [3.8, 4) is 0 Å². The molecule has 0 spiro atoms. The Morgan fingerprint density at radius 1 is 1.19 bits per heavy atom. The van der Waals surface area contributed by atoms with Crippen LogP contribution in [0.5, 0.6) is 0 Å². The second-order valence-electron chi connectivity index (χ2n) is 9.60. The smallest absolute Gasteiger partial charge is 0.255 e. The summed E-state index contributed by atoms with van der Waals surface area (Å²) in [6, 6.07) is 4.08. The molecule has 0 bridgehead atoms. The predicted octanol–water partition coefficient (Wildman–Crippen LogP) is 5.11. The molecule has 0 saturated carbocycles. The summed E-state index contributed by atoms with van der Waals surface area (Å²) in [7, 11) is 0. The van der Waals surface area contributed by atoms with Crippen molar-refractivity contribution in [3.05, 3.63) is 40.3 Å². The van der Waals surface area contributed by atoms with Crippen molar-refractivity contribution in [3.63, 3.8) is 0 Å². The standard InChI is InChI=1S/C24H34ClN5O/c1-16(2)15-30-23(25)22(18(4)27-30)20-6-5-11-29(20)21-8-7-19(14-26-21)24(31)28-12-9-17(3)10-13-28/h7-8,14,16-17,20H,5-6,9-13,15H2,1-4H3. The summed E-state index contributed by atoms with van der Waals surface area (Å²) in [5.41, 5.74) is 2.78. The fourth-order valence-electron chi connectivity index (χ4n) is 4.83. The molecular formula is C24H34ClN5O. The number of amides is 1. The molecule has 2 aliphatic rings. The SMILES string of the molecule is Cc1nn(CC(C)C)c(Cl)c1C1CCCN1c1ccc(C(=O)N2CCC(C)CC2)cn1. The fraction of sp³-hybridized carbons (Fsp3) is 0.625. The molecule has 4 heterocycles. The molecule has 4 rings (SSSR count). The first kappa shape index (κ1) is 22.1. The first-order valence-corrected chi connectivity index (χ1v) is 12.0. The topological polar surface area (TPSA) is 54.3 Å². The van der Waals surface area contributed by atoms with Gasteiger partial charge in [0.2, 0.25) is 0 Å². The van der Waals surface area contributed by atoms with Crippen molar-refractivity contribution in [1.82, 2.24) is 19.7 Å². The monoisotopic (exact) mass is 443 g/mol. The zero-order valence-corrected chi connectivity index (χ0v) is 19.9. The van der Waals surface area contributed by atoms with Crippen LogP contribution >= 0.6 is 11.6 Å². The highest BCUT2D eigenvalue weighted by Crippen LogP contribution is 2.40. The van der Waals surface area contributed by atoms with Gasteiger partial charge in [-0.2, -0.15) is 5.10 Å². The average Bonchev–Trinajstić information content (AvgIpc) is 3.32. The van der Waals surface area contributed by atoms with E-state index in [1.165, 1.54) is 0 Å². The number of likely N-dealkylation sites (tertiary alicyclic amines) is 1. The van der Waals surface area contributed by atoms with Crippen molar-refractivity contribution in [2.24, 2.45) is 11.8 Å². The molecule has 2 saturated heterocycles. The van der Waals surface area contributed by atoms with Crippen LogP contribution in [0.25, 0.3) is 0 Å². The van der Waals surface area contributed by atoms with Gasteiger partial charge >= 0.3 is 0 Å². The Labute approximate surface area is 190 Å². The third kappa shape index (κ3) is 4.59. The van der Waals surface area contributed by atoms with Crippen LogP contribution < -0.4 is 4.90 Å². The summed E-state index contributed by atoms with van der Waals surface area (Å²) >= 11 is 6.77. The highest BCUT2D eigenvalue weighted by molar-refractivity contribution is 6.30. The molecule has 0 aromatic carbocycles. The summed E-state index contributed by atoms with van der Waals surface area (Å²) in [5, 5.41) is 5.45. The minimum absolute atomic E-state index is 0.0952. The number of carbonyl (C=O) groups excluding carboxylic acids is 1. The Morgan fingerprint density at radius 3 is 2.58 bits per heavy atom. The van der Waals surface area contributed by atoms with E-state index in [2.05, 4.69) is 30.7 Å². The molecule has 1 unspecified atom stereocenters. The van der Waals surface area contributed by atoms with Crippen LogP contribution in [0.4, 0.5) is 5.82 Å². The maximum absolute atomic E-state index is 12.8. The molecular weight excluding hydrogens is 410 g/mol. The van der Waals surface area contributed by atoms with E-state index in [9.17, 15) is 4.79 Å². The summed E-state index contributed by atoms with van der Waals surface area (Å²) < 4.78 is 1.93. The molecule has 0 aliphatic carbocycles. The number of halogens is 1. The summed E-state index contributed by atoms with van der Waals surface area (Å²) in [6.45, 7) is 12.1. The Bertz CT molecular complexity index is 915. The van der Waals surface area contributed by atoms with Crippen LogP contribution in [-0.2, 0) is 6.54 Å². The lowest BCUT2D eigenvalue weighted by Crippen LogP contribution is -2.38. The maximum Gasteiger partial charge on any atom is 0.255 e. The molecule has 1 amide bonds. The fourth-order valence-corrected chi connectivity index (χ4v) is 5.20. The van der Waals surface area contributed by atoms with Crippen LogP contribution in [0.2, 0.25) is 5.15 Å². The number of anilines is 1. The first-order valence-electron chi connectivity index (χ1n) is 11.6. The molecule has 2 aromatic heterocycles. The quantitative estimate of drug-likeness (QED) is 0.644. The van der Waals surface area contributed by atoms with Gasteiger partial charge in [-0.1, -0.05) is 32.4 Å². The number of piperidine rings is 1. The van der Waals surface area contributed by atoms with E-state index in [0.717, 1.165) is 74.1 Å². The van der Waals surface area contributed by atoms with Crippen LogP contribution in [0.3, 0.4) is 0 Å². The highest BCUT2D eigenvalue weighted by atomic mass is 35.5. The van der Waals surface area contributed by atoms with Gasteiger partial charge in [0.25, 0.3) is 5.91 Å². The summed E-state index contributed by atoms with van der Waals surface area (Å²) in [5.74, 6) is 2.19. The zero-order chi connectivity index (χ0) is 22.1. The second kappa shape index (κ2) is 9.19. The molecule has 7 heteroatoms. The zero-order valence-electron chi connectivity index (χ0n) is 19.1. The molecule has 0 radical (unpaired) electrons. The number of rotatable bonds is 5. The van der Waals surface area contributed by atoms with Gasteiger partial charge in [0, 0.05) is 37.9 Å². The number of aromatic nitrogens is 3. The number of hydrogen-bond acceptors (Lipinski definition) is 4. The van der Waals surface area contributed by atoms with Crippen molar-refractivity contribution in [2.75, 3.05) is 24.5 Å². The lowest BCUT2D eigenvalue weighted by Gasteiger charge is -2.30. The molecule has 0 N–H and O–H groups in total. The van der Waals surface area contributed by atoms with Crippen molar-refractivity contribution in [1.29, 1.82) is 0 Å². The molecule has 2 aliphatic heterocycles. The van der Waals surface area contributed by atoms with E-state index < -0.39 is 0 Å². The Kier molecular flexibility index (Phi) is 6.56. The lowest BCUT2D eigenvalue weighted by atomic mass is 9.99. The Balaban J connectivity index is 1.52. The third-order valence-corrected chi connectivity index (χ3v) is 6.99. The molecule has 1 atom stereocenters. The number of aryl methyl sites for hydroxylation is 1. The van der Waals surface area contributed by atoms with Crippen molar-refractivity contribution >= 4 is 23.3 Å². The van der Waals surface area contributed by atoms with E-state index in [4.69, 9.17) is 16.7 Å². The molecule has 31 heavy (non-hydrogen) atoms. The van der Waals surface area contributed by atoms with E-state index in [-0.39, 0.29) is 11.9 Å². The number of hydrogen-bond donors (Lipinski definition) is 0. The van der Waals surface area contributed by atoms with E-state index in [1.807, 2.05) is 28.6 Å². The van der Waals surface area contributed by atoms with Gasteiger partial charge in [-0.15, -0.1) is 0 Å². The molecule has 2 aromatic rings. The van der Waals surface area contributed by atoms with Gasteiger partial charge in [-0.25, -0.2) is 4.98 Å². The summed E-state index contributed by atoms with van der Waals surface area (Å²) in [4.78, 5) is 21.8. The average molecular weight is 444 g/mol. The third-order valence-electron chi connectivity index (χ3n) is 6.59. The highest BCUT2D eigenvalue weighted by Gasteiger charge is 2.32. The lowest BCUT2D eigenvalue weighted by molar-refractivity contribution is 0.0697. The van der Waals surface area contributed by atoms with E-state index in [0.29, 0.717) is 17.4 Å². The van der Waals surface area contributed by atoms with Crippen LogP contribution in [0, 0.1) is 18.8 Å². The van der Waals surface area contributed by atoms with Crippen LogP contribution in [0.1, 0.15) is 74.1 Å². The minimum Gasteiger partial charge on any atom is -0.349 e. The maximum atomic E-state index is 12.8. The van der Waals surface area contributed by atoms with E-state index in [1.54, 1.807) is 6.20 Å². The molecule has 6 nitrogen and oxygen atoms in total. The van der Waals surface area contributed by atoms with E-state index >= 15 is 0 Å². The number of carbonyl (C=O) groups is 1. The molecule has 2 fully saturated rings. The summed E-state index contributed by atoms with van der Waals surface area (Å²) in [6.07, 6.45) is 6.02. The van der Waals surface area contributed by atoms with Gasteiger partial charge in [0.1, 0.15) is 11.0 Å². The van der Waals surface area contributed by atoms with Crippen LogP contribution in [0.15, 0.2) is 18.3 Å². The predicted molar refractivity (Wildman–Crippen MR) is 125 cm³/mol. The van der Waals surface area contributed by atoms with Crippen LogP contribution in [-0.4, -0.2) is 45.2 Å². The van der Waals surface area contributed by atoms with Gasteiger partial charge in [0.15, 0.2) is 0 Å². The Morgan fingerprint density at radius 2 is 1.94 bits per heavy atom. The van der Waals surface area contributed by atoms with Gasteiger partial charge in [0.05, 0.1) is 17.3 Å². The normalized spacial score (nSPS) is 20.1. The second-order valence-corrected chi connectivity index (χ2v) is 9.96. The van der Waals surface area contributed by atoms with Gasteiger partial charge < -0.3 is 9.80 Å². The molecule has 168 valence electrons. The largest absolute Gasteiger partial charge is 0.349 e. The number of pyridine rings is 1. The van der Waals surface area contributed by atoms with Crippen molar-refractivity contribution < 1.29 is 4.79 Å². The van der Waals surface area contributed by atoms with Gasteiger partial charge in [-0.3, -0.25) is 9.48 Å². The number of nitrogens with zero attached hydrogens (tertiary/aromatic N) is 5. The Hall–Kier alpha value is -2.08. The first-order chi connectivity index (χ1) is 14.8.